The second kappa shape index (κ2) is 7.01. The molecule has 104 valence electrons. The Bertz CT molecular complexity index is 302. The van der Waals surface area contributed by atoms with Gasteiger partial charge < -0.3 is 15.7 Å². The molecular formula is C12H23N3O2S. The molecule has 1 heterocycles. The van der Waals surface area contributed by atoms with Gasteiger partial charge in [-0.2, -0.15) is 0 Å². The van der Waals surface area contributed by atoms with E-state index in [1.807, 2.05) is 18.7 Å². The van der Waals surface area contributed by atoms with Gasteiger partial charge >= 0.3 is 0 Å². The Hall–Kier alpha value is -0.720. The van der Waals surface area contributed by atoms with Gasteiger partial charge in [-0.3, -0.25) is 9.69 Å². The van der Waals surface area contributed by atoms with Crippen molar-refractivity contribution in [2.45, 2.75) is 13.8 Å². The van der Waals surface area contributed by atoms with Gasteiger partial charge in [0, 0.05) is 32.7 Å². The molecular weight excluding hydrogens is 250 g/mol. The Morgan fingerprint density at radius 3 is 2.28 bits per heavy atom. The number of β-amino-alcohol motifs (C(OH)–C–C–N with tert-alkyl or cyclic N) is 1. The Morgan fingerprint density at radius 2 is 1.89 bits per heavy atom. The summed E-state index contributed by atoms with van der Waals surface area (Å²) in [6.07, 6.45) is 0. The van der Waals surface area contributed by atoms with Gasteiger partial charge in [-0.1, -0.05) is 26.1 Å². The highest BCUT2D eigenvalue weighted by atomic mass is 32.1. The number of nitrogens with two attached hydrogens (primary N) is 1. The van der Waals surface area contributed by atoms with Crippen molar-refractivity contribution in [3.05, 3.63) is 0 Å². The second-order valence-electron chi connectivity index (χ2n) is 5.01. The zero-order chi connectivity index (χ0) is 13.7. The number of thiocarbonyl (C=S) groups is 1. The maximum Gasteiger partial charge on any atom is 0.232 e. The van der Waals surface area contributed by atoms with E-state index in [1.165, 1.54) is 0 Å². The molecule has 3 N–H and O–H groups in total. The minimum atomic E-state index is -0.357. The Labute approximate surface area is 114 Å². The standard InChI is InChI=1S/C12H23N3O2S/c1-9(2)10(11(13)18)12(17)15-5-3-14(4-6-15)7-8-16/h9-10,16H,3-8H2,1-2H3,(H2,13,18). The molecule has 1 rings (SSSR count). The fourth-order valence-electron chi connectivity index (χ4n) is 2.27. The number of aliphatic hydroxyl groups excluding tert-OH is 1. The minimum Gasteiger partial charge on any atom is -0.395 e. The SMILES string of the molecule is CC(C)C(C(=O)N1CCN(CCO)CC1)C(N)=S. The number of aliphatic hydroxyl groups is 1. The summed E-state index contributed by atoms with van der Waals surface area (Å²) in [7, 11) is 0. The number of hydrogen-bond donors (Lipinski definition) is 2. The van der Waals surface area contributed by atoms with Crippen molar-refractivity contribution in [1.29, 1.82) is 0 Å². The molecule has 1 amide bonds. The second-order valence-corrected chi connectivity index (χ2v) is 5.49. The van der Waals surface area contributed by atoms with Crippen LogP contribution >= 0.6 is 12.2 Å². The highest BCUT2D eigenvalue weighted by Gasteiger charge is 2.31. The van der Waals surface area contributed by atoms with Crippen molar-refractivity contribution < 1.29 is 9.90 Å². The average Bonchev–Trinajstić information content (AvgIpc) is 2.29. The summed E-state index contributed by atoms with van der Waals surface area (Å²) >= 11 is 4.99. The molecule has 0 radical (unpaired) electrons. The largest absolute Gasteiger partial charge is 0.395 e. The molecule has 6 heteroatoms. The summed E-state index contributed by atoms with van der Waals surface area (Å²) < 4.78 is 0. The first-order chi connectivity index (χ1) is 8.47. The third-order valence-electron chi connectivity index (χ3n) is 3.34. The molecule has 0 aliphatic carbocycles. The zero-order valence-corrected chi connectivity index (χ0v) is 11.9. The predicted molar refractivity (Wildman–Crippen MR) is 75.2 cm³/mol. The van der Waals surface area contributed by atoms with E-state index in [9.17, 15) is 4.79 Å². The van der Waals surface area contributed by atoms with Crippen molar-refractivity contribution >= 4 is 23.1 Å². The number of hydrogen-bond acceptors (Lipinski definition) is 4. The van der Waals surface area contributed by atoms with Crippen molar-refractivity contribution in [2.24, 2.45) is 17.6 Å². The summed E-state index contributed by atoms with van der Waals surface area (Å²) in [4.78, 5) is 16.6. The van der Waals surface area contributed by atoms with Gasteiger partial charge in [0.25, 0.3) is 0 Å². The molecule has 1 aliphatic heterocycles. The van der Waals surface area contributed by atoms with Crippen LogP contribution in [0.4, 0.5) is 0 Å². The van der Waals surface area contributed by atoms with Gasteiger partial charge in [-0.15, -0.1) is 0 Å². The number of nitrogens with zero attached hydrogens (tertiary/aromatic N) is 2. The topological polar surface area (TPSA) is 69.8 Å². The van der Waals surface area contributed by atoms with Crippen LogP contribution in [0.2, 0.25) is 0 Å². The molecule has 5 nitrogen and oxygen atoms in total. The lowest BCUT2D eigenvalue weighted by Crippen LogP contribution is -2.53. The molecule has 18 heavy (non-hydrogen) atoms. The van der Waals surface area contributed by atoms with Crippen molar-refractivity contribution in [2.75, 3.05) is 39.3 Å². The molecule has 0 aromatic heterocycles. The number of carbonyl (C=O) groups is 1. The quantitative estimate of drug-likeness (QED) is 0.672. The first-order valence-corrected chi connectivity index (χ1v) is 6.79. The maximum atomic E-state index is 12.3. The van der Waals surface area contributed by atoms with E-state index in [0.717, 1.165) is 13.1 Å². The summed E-state index contributed by atoms with van der Waals surface area (Å²) in [5.41, 5.74) is 5.66. The van der Waals surface area contributed by atoms with Crippen LogP contribution in [0.1, 0.15) is 13.8 Å². The predicted octanol–water partition coefficient (Wildman–Crippen LogP) is -0.319. The summed E-state index contributed by atoms with van der Waals surface area (Å²) in [6, 6.07) is 0. The van der Waals surface area contributed by atoms with E-state index in [-0.39, 0.29) is 29.3 Å². The highest BCUT2D eigenvalue weighted by Crippen LogP contribution is 2.16. The molecule has 1 unspecified atom stereocenters. The van der Waals surface area contributed by atoms with Crippen LogP contribution in [0.3, 0.4) is 0 Å². The number of piperazine rings is 1. The first-order valence-electron chi connectivity index (χ1n) is 6.38. The molecule has 1 atom stereocenters. The third kappa shape index (κ3) is 3.90. The number of amides is 1. The van der Waals surface area contributed by atoms with E-state index >= 15 is 0 Å². The van der Waals surface area contributed by atoms with Crippen LogP contribution < -0.4 is 5.73 Å². The fourth-order valence-corrected chi connectivity index (χ4v) is 2.64. The molecule has 0 aromatic rings. The van der Waals surface area contributed by atoms with Crippen molar-refractivity contribution in [3.63, 3.8) is 0 Å². The van der Waals surface area contributed by atoms with E-state index in [0.29, 0.717) is 19.6 Å². The maximum absolute atomic E-state index is 12.3. The number of rotatable bonds is 5. The van der Waals surface area contributed by atoms with Gasteiger partial charge in [0.2, 0.25) is 5.91 Å². The van der Waals surface area contributed by atoms with Gasteiger partial charge in [0.05, 0.1) is 17.5 Å². The first kappa shape index (κ1) is 15.3. The van der Waals surface area contributed by atoms with Crippen LogP contribution in [-0.4, -0.2) is 65.1 Å². The van der Waals surface area contributed by atoms with Crippen molar-refractivity contribution in [1.82, 2.24) is 9.80 Å². The smallest absolute Gasteiger partial charge is 0.232 e. The fraction of sp³-hybridized carbons (Fsp3) is 0.833. The van der Waals surface area contributed by atoms with E-state index in [1.54, 1.807) is 0 Å². The average molecular weight is 273 g/mol. The lowest BCUT2D eigenvalue weighted by molar-refractivity contribution is -0.136. The Balaban J connectivity index is 2.55. The zero-order valence-electron chi connectivity index (χ0n) is 11.1. The van der Waals surface area contributed by atoms with Gasteiger partial charge in [-0.05, 0) is 5.92 Å². The van der Waals surface area contributed by atoms with Crippen LogP contribution in [0.15, 0.2) is 0 Å². The van der Waals surface area contributed by atoms with Crippen LogP contribution in [0.5, 0.6) is 0 Å². The van der Waals surface area contributed by atoms with E-state index < -0.39 is 0 Å². The van der Waals surface area contributed by atoms with Crippen LogP contribution in [0, 0.1) is 11.8 Å². The van der Waals surface area contributed by atoms with Crippen molar-refractivity contribution in [3.8, 4) is 0 Å². The lowest BCUT2D eigenvalue weighted by Gasteiger charge is -2.36. The molecule has 1 saturated heterocycles. The summed E-state index contributed by atoms with van der Waals surface area (Å²) in [6.45, 7) is 7.73. The molecule has 0 spiro atoms. The molecule has 0 bridgehead atoms. The van der Waals surface area contributed by atoms with Crippen LogP contribution in [-0.2, 0) is 4.79 Å². The molecule has 1 aliphatic rings. The van der Waals surface area contributed by atoms with E-state index in [2.05, 4.69) is 4.90 Å². The van der Waals surface area contributed by atoms with Crippen LogP contribution in [0.25, 0.3) is 0 Å². The Morgan fingerprint density at radius 1 is 1.33 bits per heavy atom. The van der Waals surface area contributed by atoms with Gasteiger partial charge in [-0.25, -0.2) is 0 Å². The third-order valence-corrected chi connectivity index (χ3v) is 3.59. The summed E-state index contributed by atoms with van der Waals surface area (Å²) in [5.74, 6) is -0.184. The van der Waals surface area contributed by atoms with E-state index in [4.69, 9.17) is 23.1 Å². The molecule has 0 aromatic carbocycles. The Kier molecular flexibility index (Phi) is 5.98. The monoisotopic (exact) mass is 273 g/mol. The lowest BCUT2D eigenvalue weighted by atomic mass is 9.94. The molecule has 0 saturated carbocycles. The molecule has 1 fully saturated rings. The van der Waals surface area contributed by atoms with Gasteiger partial charge in [0.1, 0.15) is 0 Å². The normalized spacial score (nSPS) is 19.0. The van der Waals surface area contributed by atoms with Gasteiger partial charge in [0.15, 0.2) is 0 Å². The summed E-state index contributed by atoms with van der Waals surface area (Å²) in [5, 5.41) is 8.87. The highest BCUT2D eigenvalue weighted by molar-refractivity contribution is 7.80. The number of carbonyl (C=O) groups excluding carboxylic acids is 1. The minimum absolute atomic E-state index is 0.0427.